The lowest BCUT2D eigenvalue weighted by atomic mass is 10.2. The van der Waals surface area contributed by atoms with Crippen molar-refractivity contribution in [3.63, 3.8) is 0 Å². The van der Waals surface area contributed by atoms with Gasteiger partial charge in [-0.3, -0.25) is 10.1 Å². The van der Waals surface area contributed by atoms with Crippen LogP contribution in [0.5, 0.6) is 11.5 Å². The van der Waals surface area contributed by atoms with Gasteiger partial charge >= 0.3 is 0 Å². The second-order valence-electron chi connectivity index (χ2n) is 7.42. The summed E-state index contributed by atoms with van der Waals surface area (Å²) in [6.45, 7) is 5.77. The van der Waals surface area contributed by atoms with E-state index in [9.17, 15) is 4.79 Å². The van der Waals surface area contributed by atoms with E-state index in [0.717, 1.165) is 49.5 Å². The molecule has 0 heterocycles. The summed E-state index contributed by atoms with van der Waals surface area (Å²) in [7, 11) is 0. The Bertz CT molecular complexity index is 791. The molecular weight excluding hydrogens is 408 g/mol. The molecule has 2 N–H and O–H groups in total. The molecule has 2 aromatic rings. The van der Waals surface area contributed by atoms with E-state index in [2.05, 4.69) is 24.5 Å². The fourth-order valence-corrected chi connectivity index (χ4v) is 3.15. The molecule has 0 spiro atoms. The Labute approximate surface area is 191 Å². The van der Waals surface area contributed by atoms with E-state index >= 15 is 0 Å². The molecule has 0 fully saturated rings. The van der Waals surface area contributed by atoms with Crippen LogP contribution in [0.15, 0.2) is 48.5 Å². The summed E-state index contributed by atoms with van der Waals surface area (Å²) in [5.74, 6) is 1.33. The molecule has 0 unspecified atom stereocenters. The summed E-state index contributed by atoms with van der Waals surface area (Å²) in [5, 5.41) is 5.97. The van der Waals surface area contributed by atoms with Crippen LogP contribution in [0.3, 0.4) is 0 Å². The molecule has 6 heteroatoms. The first kappa shape index (κ1) is 24.7. The zero-order valence-electron chi connectivity index (χ0n) is 18.6. The van der Waals surface area contributed by atoms with Crippen molar-refractivity contribution in [1.29, 1.82) is 0 Å². The highest BCUT2D eigenvalue weighted by Crippen LogP contribution is 2.17. The van der Waals surface area contributed by atoms with Crippen molar-refractivity contribution in [3.8, 4) is 11.5 Å². The first-order valence-electron chi connectivity index (χ1n) is 11.2. The van der Waals surface area contributed by atoms with E-state index in [1.54, 1.807) is 24.3 Å². The number of amides is 1. The summed E-state index contributed by atoms with van der Waals surface area (Å²) in [5.41, 5.74) is 1.32. The smallest absolute Gasteiger partial charge is 0.257 e. The minimum Gasteiger partial charge on any atom is -0.494 e. The van der Waals surface area contributed by atoms with E-state index in [4.69, 9.17) is 21.7 Å². The van der Waals surface area contributed by atoms with Crippen molar-refractivity contribution in [2.45, 2.75) is 58.8 Å². The molecule has 0 bridgehead atoms. The standard InChI is InChI=1S/C25H34N2O3S/c1-3-5-7-9-19-30-23-16-12-21(13-17-23)26-25(31)27-24(28)20-10-14-22(15-11-20)29-18-8-6-4-2/h10-17H,3-9,18-19H2,1-2H3,(H2,26,27,28,31). The maximum Gasteiger partial charge on any atom is 0.257 e. The number of anilines is 1. The average Bonchev–Trinajstić information content (AvgIpc) is 2.78. The number of hydrogen-bond donors (Lipinski definition) is 2. The Morgan fingerprint density at radius 1 is 0.774 bits per heavy atom. The molecule has 0 atom stereocenters. The first-order valence-corrected chi connectivity index (χ1v) is 11.6. The third-order valence-corrected chi connectivity index (χ3v) is 4.94. The molecule has 1 amide bonds. The number of carbonyl (C=O) groups excluding carboxylic acids is 1. The predicted octanol–water partition coefficient (Wildman–Crippen LogP) is 6.34. The van der Waals surface area contributed by atoms with Gasteiger partial charge in [0.2, 0.25) is 0 Å². The number of ether oxygens (including phenoxy) is 2. The van der Waals surface area contributed by atoms with Crippen molar-refractivity contribution < 1.29 is 14.3 Å². The van der Waals surface area contributed by atoms with Crippen LogP contribution in [-0.4, -0.2) is 24.2 Å². The van der Waals surface area contributed by atoms with Crippen molar-refractivity contribution in [2.75, 3.05) is 18.5 Å². The highest BCUT2D eigenvalue weighted by Gasteiger charge is 2.08. The Hall–Kier alpha value is -2.60. The minimum absolute atomic E-state index is 0.248. The van der Waals surface area contributed by atoms with E-state index in [1.807, 2.05) is 24.3 Å². The van der Waals surface area contributed by atoms with Crippen LogP contribution < -0.4 is 20.1 Å². The molecule has 0 radical (unpaired) electrons. The number of benzene rings is 2. The van der Waals surface area contributed by atoms with Gasteiger partial charge < -0.3 is 14.8 Å². The van der Waals surface area contributed by atoms with Crippen LogP contribution in [0.25, 0.3) is 0 Å². The third kappa shape index (κ3) is 9.83. The lowest BCUT2D eigenvalue weighted by molar-refractivity contribution is 0.0977. The highest BCUT2D eigenvalue weighted by atomic mass is 32.1. The molecule has 2 rings (SSSR count). The number of rotatable bonds is 13. The molecular formula is C25H34N2O3S. The normalized spacial score (nSPS) is 10.4. The van der Waals surface area contributed by atoms with Crippen LogP contribution in [0, 0.1) is 0 Å². The zero-order valence-corrected chi connectivity index (χ0v) is 19.4. The molecule has 5 nitrogen and oxygen atoms in total. The van der Waals surface area contributed by atoms with Gasteiger partial charge in [-0.15, -0.1) is 0 Å². The van der Waals surface area contributed by atoms with Crippen LogP contribution >= 0.6 is 12.2 Å². The van der Waals surface area contributed by atoms with Crippen molar-refractivity contribution in [1.82, 2.24) is 5.32 Å². The molecule has 0 saturated carbocycles. The van der Waals surface area contributed by atoms with Crippen molar-refractivity contribution >= 4 is 28.9 Å². The lowest BCUT2D eigenvalue weighted by Crippen LogP contribution is -2.34. The van der Waals surface area contributed by atoms with Gasteiger partial charge in [0.15, 0.2) is 5.11 Å². The topological polar surface area (TPSA) is 59.6 Å². The van der Waals surface area contributed by atoms with Gasteiger partial charge in [-0.25, -0.2) is 0 Å². The summed E-state index contributed by atoms with van der Waals surface area (Å²) in [4.78, 5) is 12.4. The summed E-state index contributed by atoms with van der Waals surface area (Å²) < 4.78 is 11.4. The summed E-state index contributed by atoms with van der Waals surface area (Å²) >= 11 is 5.26. The van der Waals surface area contributed by atoms with Gasteiger partial charge in [-0.2, -0.15) is 0 Å². The van der Waals surface area contributed by atoms with Crippen LogP contribution in [0.4, 0.5) is 5.69 Å². The molecule has 0 aliphatic heterocycles. The second kappa shape index (κ2) is 14.4. The van der Waals surface area contributed by atoms with E-state index in [-0.39, 0.29) is 11.0 Å². The predicted molar refractivity (Wildman–Crippen MR) is 131 cm³/mol. The maximum atomic E-state index is 12.4. The summed E-state index contributed by atoms with van der Waals surface area (Å²) in [6.07, 6.45) is 8.06. The Kier molecular flexibility index (Phi) is 11.5. The Morgan fingerprint density at radius 2 is 1.29 bits per heavy atom. The Balaban J connectivity index is 1.74. The molecule has 168 valence electrons. The second-order valence-corrected chi connectivity index (χ2v) is 7.83. The largest absolute Gasteiger partial charge is 0.494 e. The van der Waals surface area contributed by atoms with Gasteiger partial charge in [0.1, 0.15) is 11.5 Å². The molecule has 0 aliphatic rings. The average molecular weight is 443 g/mol. The number of thiocarbonyl (C=S) groups is 1. The molecule has 0 saturated heterocycles. The summed E-state index contributed by atoms with van der Waals surface area (Å²) in [6, 6.07) is 14.6. The van der Waals surface area contributed by atoms with Gasteiger partial charge in [-0.1, -0.05) is 46.0 Å². The number of nitrogens with one attached hydrogen (secondary N) is 2. The quantitative estimate of drug-likeness (QED) is 0.280. The first-order chi connectivity index (χ1) is 15.1. The van der Waals surface area contributed by atoms with Gasteiger partial charge in [0.25, 0.3) is 5.91 Å². The SMILES string of the molecule is CCCCCCOc1ccc(NC(=S)NC(=O)c2ccc(OCCCCC)cc2)cc1. The molecule has 31 heavy (non-hydrogen) atoms. The van der Waals surface area contributed by atoms with Gasteiger partial charge in [0.05, 0.1) is 13.2 Å². The van der Waals surface area contributed by atoms with Crippen LogP contribution in [0.2, 0.25) is 0 Å². The number of carbonyl (C=O) groups is 1. The molecule has 0 aromatic heterocycles. The number of hydrogen-bond acceptors (Lipinski definition) is 4. The van der Waals surface area contributed by atoms with E-state index in [0.29, 0.717) is 12.2 Å². The van der Waals surface area contributed by atoms with Gasteiger partial charge in [0, 0.05) is 11.3 Å². The van der Waals surface area contributed by atoms with Gasteiger partial charge in [-0.05, 0) is 73.6 Å². The van der Waals surface area contributed by atoms with E-state index < -0.39 is 0 Å². The molecule has 0 aliphatic carbocycles. The minimum atomic E-state index is -0.262. The lowest BCUT2D eigenvalue weighted by Gasteiger charge is -2.11. The van der Waals surface area contributed by atoms with E-state index in [1.165, 1.54) is 19.3 Å². The fourth-order valence-electron chi connectivity index (χ4n) is 2.94. The van der Waals surface area contributed by atoms with Crippen LogP contribution in [0.1, 0.15) is 69.2 Å². The van der Waals surface area contributed by atoms with Crippen molar-refractivity contribution in [2.24, 2.45) is 0 Å². The molecule has 2 aromatic carbocycles. The zero-order chi connectivity index (χ0) is 22.3. The third-order valence-electron chi connectivity index (χ3n) is 4.74. The fraction of sp³-hybridized carbons (Fsp3) is 0.440. The monoisotopic (exact) mass is 442 g/mol. The number of unbranched alkanes of at least 4 members (excludes halogenated alkanes) is 5. The van der Waals surface area contributed by atoms with Crippen molar-refractivity contribution in [3.05, 3.63) is 54.1 Å². The van der Waals surface area contributed by atoms with Crippen LogP contribution in [-0.2, 0) is 0 Å². The maximum absolute atomic E-state index is 12.4. The Morgan fingerprint density at radius 3 is 1.87 bits per heavy atom. The highest BCUT2D eigenvalue weighted by molar-refractivity contribution is 7.80.